The summed E-state index contributed by atoms with van der Waals surface area (Å²) in [6.45, 7) is 2.13. The van der Waals surface area contributed by atoms with E-state index in [1.807, 2.05) is 66.7 Å². The van der Waals surface area contributed by atoms with Gasteiger partial charge in [-0.05, 0) is 42.0 Å². The molecule has 2 aliphatic rings. The van der Waals surface area contributed by atoms with Crippen molar-refractivity contribution in [3.63, 3.8) is 0 Å². The van der Waals surface area contributed by atoms with Gasteiger partial charge in [0.25, 0.3) is 11.8 Å². The number of rotatable bonds is 6. The van der Waals surface area contributed by atoms with Crippen LogP contribution in [0.3, 0.4) is 0 Å². The van der Waals surface area contributed by atoms with Crippen LogP contribution >= 0.6 is 0 Å². The number of hydrogen-bond donors (Lipinski definition) is 1. The Morgan fingerprint density at radius 1 is 1.00 bits per heavy atom. The third-order valence-electron chi connectivity index (χ3n) is 6.18. The van der Waals surface area contributed by atoms with Crippen LogP contribution in [0.2, 0.25) is 0 Å². The lowest BCUT2D eigenvalue weighted by Gasteiger charge is -2.38. The smallest absolute Gasteiger partial charge is 0.262 e. The summed E-state index contributed by atoms with van der Waals surface area (Å²) in [6, 6.07) is 22.5. The Balaban J connectivity index is 1.42. The van der Waals surface area contributed by atoms with Crippen molar-refractivity contribution in [1.29, 1.82) is 0 Å². The van der Waals surface area contributed by atoms with E-state index < -0.39 is 6.17 Å². The Labute approximate surface area is 204 Å². The minimum Gasteiger partial charge on any atom is -0.493 e. The van der Waals surface area contributed by atoms with Crippen molar-refractivity contribution in [2.75, 3.05) is 50.2 Å². The molecule has 0 unspecified atom stereocenters. The van der Waals surface area contributed by atoms with E-state index in [2.05, 4.69) is 5.32 Å². The Morgan fingerprint density at radius 2 is 1.74 bits per heavy atom. The lowest BCUT2D eigenvalue weighted by molar-refractivity contribution is -0.137. The van der Waals surface area contributed by atoms with Gasteiger partial charge in [-0.3, -0.25) is 14.5 Å². The molecule has 2 aliphatic heterocycles. The first-order valence-electron chi connectivity index (χ1n) is 11.6. The van der Waals surface area contributed by atoms with Crippen LogP contribution < -0.4 is 19.7 Å². The summed E-state index contributed by atoms with van der Waals surface area (Å²) in [5.41, 5.74) is 2.98. The number of ether oxygens (including phenoxy) is 3. The van der Waals surface area contributed by atoms with E-state index in [1.54, 1.807) is 23.0 Å². The van der Waals surface area contributed by atoms with Gasteiger partial charge in [0.1, 0.15) is 6.17 Å². The van der Waals surface area contributed by atoms with E-state index in [4.69, 9.17) is 14.2 Å². The van der Waals surface area contributed by atoms with Crippen LogP contribution in [-0.2, 0) is 9.53 Å². The van der Waals surface area contributed by atoms with Crippen LogP contribution in [0.4, 0.5) is 11.4 Å². The van der Waals surface area contributed by atoms with E-state index in [1.165, 1.54) is 0 Å². The summed E-state index contributed by atoms with van der Waals surface area (Å²) in [5.74, 6) is 0.766. The second kappa shape index (κ2) is 10.1. The van der Waals surface area contributed by atoms with Crippen molar-refractivity contribution in [1.82, 2.24) is 4.90 Å². The van der Waals surface area contributed by atoms with Gasteiger partial charge < -0.3 is 24.4 Å². The molecule has 0 radical (unpaired) electrons. The van der Waals surface area contributed by atoms with Gasteiger partial charge in [-0.2, -0.15) is 0 Å². The molecule has 0 bridgehead atoms. The van der Waals surface area contributed by atoms with Crippen molar-refractivity contribution in [3.05, 3.63) is 83.9 Å². The molecule has 2 amide bonds. The molecule has 0 aromatic heterocycles. The molecule has 3 aromatic carbocycles. The number of nitrogens with zero attached hydrogens (tertiary/aromatic N) is 2. The highest BCUT2D eigenvalue weighted by Gasteiger charge is 2.34. The minimum atomic E-state index is -0.460. The van der Waals surface area contributed by atoms with Crippen LogP contribution in [0.15, 0.2) is 72.8 Å². The standard InChI is InChI=1S/C27H27N3O5/c1-33-24-17-19(11-12-23(24)35-18-25(31)29-13-15-34-16-14-29)26-28-22-10-6-5-9-21(22)27(32)30(26)20-7-3-2-4-8-20/h2-12,17,26,28H,13-16,18H2,1H3/t26-/m1/s1. The Morgan fingerprint density at radius 3 is 2.51 bits per heavy atom. The molecular weight excluding hydrogens is 446 g/mol. The Hall–Kier alpha value is -4.04. The highest BCUT2D eigenvalue weighted by atomic mass is 16.5. The van der Waals surface area contributed by atoms with Gasteiger partial charge in [-0.25, -0.2) is 0 Å². The van der Waals surface area contributed by atoms with Crippen LogP contribution in [0.5, 0.6) is 11.5 Å². The maximum atomic E-state index is 13.5. The number of amides is 2. The number of hydrogen-bond acceptors (Lipinski definition) is 6. The number of nitrogens with one attached hydrogen (secondary N) is 1. The van der Waals surface area contributed by atoms with Gasteiger partial charge in [0.05, 0.1) is 25.9 Å². The molecule has 1 N–H and O–H groups in total. The van der Waals surface area contributed by atoms with E-state index in [0.717, 1.165) is 16.9 Å². The predicted molar refractivity (Wildman–Crippen MR) is 132 cm³/mol. The van der Waals surface area contributed by atoms with Gasteiger partial charge in [0.15, 0.2) is 18.1 Å². The van der Waals surface area contributed by atoms with Crippen molar-refractivity contribution in [3.8, 4) is 11.5 Å². The molecule has 35 heavy (non-hydrogen) atoms. The number of benzene rings is 3. The second-order valence-electron chi connectivity index (χ2n) is 8.30. The zero-order valence-corrected chi connectivity index (χ0v) is 19.5. The normalized spacial score (nSPS) is 17.4. The molecule has 180 valence electrons. The second-order valence-corrected chi connectivity index (χ2v) is 8.30. The maximum absolute atomic E-state index is 13.5. The van der Waals surface area contributed by atoms with E-state index in [9.17, 15) is 9.59 Å². The van der Waals surface area contributed by atoms with Crippen LogP contribution in [-0.4, -0.2) is 56.7 Å². The van der Waals surface area contributed by atoms with E-state index in [-0.39, 0.29) is 18.4 Å². The number of morpholine rings is 1. The van der Waals surface area contributed by atoms with Crippen molar-refractivity contribution in [2.45, 2.75) is 6.17 Å². The maximum Gasteiger partial charge on any atom is 0.262 e. The summed E-state index contributed by atoms with van der Waals surface area (Å²) < 4.78 is 16.7. The lowest BCUT2D eigenvalue weighted by atomic mass is 10.0. The van der Waals surface area contributed by atoms with Gasteiger partial charge >= 0.3 is 0 Å². The molecular formula is C27H27N3O5. The van der Waals surface area contributed by atoms with Gasteiger partial charge in [-0.15, -0.1) is 0 Å². The number of carbonyl (C=O) groups excluding carboxylic acids is 2. The summed E-state index contributed by atoms with van der Waals surface area (Å²) in [5, 5.41) is 3.49. The quantitative estimate of drug-likeness (QED) is 0.588. The Bertz CT molecular complexity index is 1210. The predicted octanol–water partition coefficient (Wildman–Crippen LogP) is 3.70. The van der Waals surface area contributed by atoms with E-state index >= 15 is 0 Å². The molecule has 0 spiro atoms. The molecule has 0 saturated carbocycles. The number of methoxy groups -OCH3 is 1. The third kappa shape index (κ3) is 4.65. The van der Waals surface area contributed by atoms with Crippen molar-refractivity contribution >= 4 is 23.2 Å². The molecule has 1 saturated heterocycles. The average molecular weight is 474 g/mol. The molecule has 8 heteroatoms. The Kier molecular flexibility index (Phi) is 6.54. The summed E-state index contributed by atoms with van der Waals surface area (Å²) >= 11 is 0. The number of carbonyl (C=O) groups is 2. The third-order valence-corrected chi connectivity index (χ3v) is 6.18. The summed E-state index contributed by atoms with van der Waals surface area (Å²) in [7, 11) is 1.56. The number of para-hydroxylation sites is 2. The number of fused-ring (bicyclic) bond motifs is 1. The number of anilines is 2. The topological polar surface area (TPSA) is 80.3 Å². The van der Waals surface area contributed by atoms with E-state index in [0.29, 0.717) is 43.4 Å². The highest BCUT2D eigenvalue weighted by Crippen LogP contribution is 2.39. The van der Waals surface area contributed by atoms with Crippen molar-refractivity contribution < 1.29 is 23.8 Å². The fraction of sp³-hybridized carbons (Fsp3) is 0.259. The zero-order valence-electron chi connectivity index (χ0n) is 19.5. The fourth-order valence-electron chi connectivity index (χ4n) is 4.36. The minimum absolute atomic E-state index is 0.0839. The van der Waals surface area contributed by atoms with Crippen molar-refractivity contribution in [2.24, 2.45) is 0 Å². The summed E-state index contributed by atoms with van der Waals surface area (Å²) in [6.07, 6.45) is -0.460. The lowest BCUT2D eigenvalue weighted by Crippen LogP contribution is -2.43. The van der Waals surface area contributed by atoms with Crippen LogP contribution in [0.25, 0.3) is 0 Å². The molecule has 1 atom stereocenters. The monoisotopic (exact) mass is 473 g/mol. The van der Waals surface area contributed by atoms with Gasteiger partial charge in [0, 0.05) is 24.5 Å². The highest BCUT2D eigenvalue weighted by molar-refractivity contribution is 6.12. The van der Waals surface area contributed by atoms with Crippen LogP contribution in [0, 0.1) is 0 Å². The molecule has 8 nitrogen and oxygen atoms in total. The largest absolute Gasteiger partial charge is 0.493 e. The fourth-order valence-corrected chi connectivity index (χ4v) is 4.36. The molecule has 3 aromatic rings. The first kappa shape index (κ1) is 22.7. The zero-order chi connectivity index (χ0) is 24.2. The van der Waals surface area contributed by atoms with Crippen LogP contribution in [0.1, 0.15) is 22.1 Å². The summed E-state index contributed by atoms with van der Waals surface area (Å²) in [4.78, 5) is 29.5. The SMILES string of the molecule is COc1cc([C@@H]2Nc3ccccc3C(=O)N2c2ccccc2)ccc1OCC(=O)N1CCOCC1. The molecule has 0 aliphatic carbocycles. The van der Waals surface area contributed by atoms with Gasteiger partial charge in [-0.1, -0.05) is 36.4 Å². The molecule has 5 rings (SSSR count). The van der Waals surface area contributed by atoms with Gasteiger partial charge in [0.2, 0.25) is 0 Å². The molecule has 2 heterocycles. The first-order valence-corrected chi connectivity index (χ1v) is 11.6. The average Bonchev–Trinajstić information content (AvgIpc) is 2.92. The first-order chi connectivity index (χ1) is 17.2. The molecule has 1 fully saturated rings.